The fourth-order valence-corrected chi connectivity index (χ4v) is 4.18. The van der Waals surface area contributed by atoms with Crippen molar-refractivity contribution >= 4 is 32.8 Å². The first-order chi connectivity index (χ1) is 8.98. The average molecular weight is 297 g/mol. The normalized spacial score (nSPS) is 11.2. The molecular weight excluding hydrogens is 286 g/mol. The molecule has 1 heterocycles. The number of benzene rings is 1. The summed E-state index contributed by atoms with van der Waals surface area (Å²) in [6.07, 6.45) is 0. The largest absolute Gasteiger partial charge is 0.465 e. The molecule has 1 aromatic heterocycles. The molecule has 19 heavy (non-hydrogen) atoms. The molecular formula is C12H11NO4S2. The highest BCUT2D eigenvalue weighted by Crippen LogP contribution is 2.33. The van der Waals surface area contributed by atoms with Gasteiger partial charge in [-0.1, -0.05) is 18.2 Å². The summed E-state index contributed by atoms with van der Waals surface area (Å²) in [7, 11) is -2.50. The van der Waals surface area contributed by atoms with Crippen LogP contribution in [-0.4, -0.2) is 21.5 Å². The van der Waals surface area contributed by atoms with E-state index in [9.17, 15) is 13.2 Å². The van der Waals surface area contributed by atoms with Crippen molar-refractivity contribution in [1.82, 2.24) is 0 Å². The molecule has 1 aromatic carbocycles. The van der Waals surface area contributed by atoms with Crippen molar-refractivity contribution < 1.29 is 17.9 Å². The Kier molecular flexibility index (Phi) is 3.59. The molecule has 0 aliphatic rings. The zero-order valence-corrected chi connectivity index (χ0v) is 11.6. The van der Waals surface area contributed by atoms with Gasteiger partial charge in [0.2, 0.25) is 9.84 Å². The van der Waals surface area contributed by atoms with Crippen molar-refractivity contribution in [3.05, 3.63) is 40.6 Å². The molecule has 0 unspecified atom stereocenters. The highest BCUT2D eigenvalue weighted by Gasteiger charge is 2.26. The second-order valence-electron chi connectivity index (χ2n) is 3.65. The lowest BCUT2D eigenvalue weighted by molar-refractivity contribution is 0.0607. The van der Waals surface area contributed by atoms with Crippen molar-refractivity contribution in [3.8, 4) is 0 Å². The van der Waals surface area contributed by atoms with Gasteiger partial charge >= 0.3 is 5.97 Å². The predicted octanol–water partition coefficient (Wildman–Crippen LogP) is 1.95. The number of esters is 1. The second-order valence-corrected chi connectivity index (χ2v) is 6.45. The number of nitrogens with two attached hydrogens (primary N) is 1. The lowest BCUT2D eigenvalue weighted by Crippen LogP contribution is -2.07. The maximum absolute atomic E-state index is 12.4. The summed E-state index contributed by atoms with van der Waals surface area (Å²) in [5.41, 5.74) is 5.66. The summed E-state index contributed by atoms with van der Waals surface area (Å²) >= 11 is 0.952. The number of thiophene rings is 1. The van der Waals surface area contributed by atoms with Gasteiger partial charge in [0.05, 0.1) is 17.7 Å². The zero-order valence-electron chi connectivity index (χ0n) is 9.99. The van der Waals surface area contributed by atoms with Gasteiger partial charge in [0.25, 0.3) is 0 Å². The third-order valence-corrected chi connectivity index (χ3v) is 5.44. The number of nitrogen functional groups attached to an aromatic ring is 1. The maximum Gasteiger partial charge on any atom is 0.350 e. The predicted molar refractivity (Wildman–Crippen MR) is 72.0 cm³/mol. The van der Waals surface area contributed by atoms with Gasteiger partial charge in [0.1, 0.15) is 9.77 Å². The van der Waals surface area contributed by atoms with E-state index < -0.39 is 15.8 Å². The van der Waals surface area contributed by atoms with Gasteiger partial charge in [0, 0.05) is 5.38 Å². The quantitative estimate of drug-likeness (QED) is 0.875. The first-order valence-electron chi connectivity index (χ1n) is 5.24. The number of carbonyl (C=O) groups excluding carboxylic acids is 1. The highest BCUT2D eigenvalue weighted by molar-refractivity contribution is 7.91. The van der Waals surface area contributed by atoms with Gasteiger partial charge in [0.15, 0.2) is 0 Å². The molecule has 100 valence electrons. The van der Waals surface area contributed by atoms with Crippen molar-refractivity contribution in [2.75, 3.05) is 12.8 Å². The molecule has 0 amide bonds. The van der Waals surface area contributed by atoms with Gasteiger partial charge in [-0.15, -0.1) is 11.3 Å². The Balaban J connectivity index is 2.55. The van der Waals surface area contributed by atoms with E-state index >= 15 is 0 Å². The van der Waals surface area contributed by atoms with Crippen molar-refractivity contribution in [2.24, 2.45) is 0 Å². The Morgan fingerprint density at radius 1 is 1.26 bits per heavy atom. The van der Waals surface area contributed by atoms with E-state index in [1.807, 2.05) is 0 Å². The molecule has 2 rings (SSSR count). The summed E-state index contributed by atoms with van der Waals surface area (Å²) in [6, 6.07) is 7.91. The van der Waals surface area contributed by atoms with Crippen LogP contribution < -0.4 is 5.73 Å². The Bertz CT molecular complexity index is 705. The van der Waals surface area contributed by atoms with Crippen molar-refractivity contribution in [1.29, 1.82) is 0 Å². The van der Waals surface area contributed by atoms with Crippen LogP contribution in [0.5, 0.6) is 0 Å². The van der Waals surface area contributed by atoms with Gasteiger partial charge in [-0.25, -0.2) is 13.2 Å². The number of hydrogen-bond acceptors (Lipinski definition) is 6. The minimum atomic E-state index is -3.71. The van der Waals surface area contributed by atoms with Crippen LogP contribution in [0, 0.1) is 0 Å². The summed E-state index contributed by atoms with van der Waals surface area (Å²) in [5.74, 6) is -0.642. The van der Waals surface area contributed by atoms with E-state index in [0.29, 0.717) is 0 Å². The van der Waals surface area contributed by atoms with Gasteiger partial charge < -0.3 is 10.5 Å². The van der Waals surface area contributed by atoms with Crippen LogP contribution in [0.3, 0.4) is 0 Å². The van der Waals surface area contributed by atoms with Crippen molar-refractivity contribution in [3.63, 3.8) is 0 Å². The minimum Gasteiger partial charge on any atom is -0.465 e. The monoisotopic (exact) mass is 297 g/mol. The van der Waals surface area contributed by atoms with Crippen LogP contribution in [0.2, 0.25) is 0 Å². The fraction of sp³-hybridized carbons (Fsp3) is 0.0833. The summed E-state index contributed by atoms with van der Waals surface area (Å²) < 4.78 is 29.3. The van der Waals surface area contributed by atoms with E-state index in [1.165, 1.54) is 24.6 Å². The van der Waals surface area contributed by atoms with E-state index in [4.69, 9.17) is 5.73 Å². The number of rotatable bonds is 3. The molecule has 0 saturated carbocycles. The summed E-state index contributed by atoms with van der Waals surface area (Å²) in [4.78, 5) is 11.6. The van der Waals surface area contributed by atoms with Crippen LogP contribution in [0.4, 0.5) is 5.69 Å². The molecule has 0 radical (unpaired) electrons. The maximum atomic E-state index is 12.4. The highest BCUT2D eigenvalue weighted by atomic mass is 32.2. The number of sulfone groups is 1. The van der Waals surface area contributed by atoms with E-state index in [-0.39, 0.29) is 20.4 Å². The van der Waals surface area contributed by atoms with Crippen LogP contribution >= 0.6 is 11.3 Å². The molecule has 0 bridgehead atoms. The molecule has 2 N–H and O–H groups in total. The molecule has 0 aliphatic carbocycles. The smallest absolute Gasteiger partial charge is 0.350 e. The van der Waals surface area contributed by atoms with Crippen LogP contribution in [-0.2, 0) is 14.6 Å². The number of methoxy groups -OCH3 is 1. The fourth-order valence-electron chi connectivity index (χ4n) is 1.54. The van der Waals surface area contributed by atoms with Gasteiger partial charge in [-0.3, -0.25) is 0 Å². The van der Waals surface area contributed by atoms with E-state index in [2.05, 4.69) is 4.74 Å². The summed E-state index contributed by atoms with van der Waals surface area (Å²) in [5, 5.41) is 1.35. The molecule has 0 spiro atoms. The number of carbonyl (C=O) groups is 1. The first kappa shape index (κ1) is 13.6. The molecule has 2 aromatic rings. The summed E-state index contributed by atoms with van der Waals surface area (Å²) in [6.45, 7) is 0. The minimum absolute atomic E-state index is 0.0656. The number of anilines is 1. The second kappa shape index (κ2) is 5.02. The molecule has 0 fully saturated rings. The molecule has 5 nitrogen and oxygen atoms in total. The Morgan fingerprint density at radius 2 is 1.89 bits per heavy atom. The molecule has 7 heteroatoms. The van der Waals surface area contributed by atoms with Crippen LogP contribution in [0.1, 0.15) is 9.67 Å². The zero-order chi connectivity index (χ0) is 14.0. The Hall–Kier alpha value is -1.86. The number of ether oxygens (including phenoxy) is 1. The molecule has 0 aliphatic heterocycles. The topological polar surface area (TPSA) is 86.5 Å². The third kappa shape index (κ3) is 2.34. The Labute approximate surface area is 114 Å². The average Bonchev–Trinajstić information content (AvgIpc) is 2.81. The van der Waals surface area contributed by atoms with E-state index in [1.54, 1.807) is 18.2 Å². The third-order valence-electron chi connectivity index (χ3n) is 2.51. The van der Waals surface area contributed by atoms with Gasteiger partial charge in [-0.2, -0.15) is 0 Å². The molecule has 0 saturated heterocycles. The lowest BCUT2D eigenvalue weighted by Gasteiger charge is -2.04. The van der Waals surface area contributed by atoms with Crippen LogP contribution in [0.15, 0.2) is 45.5 Å². The van der Waals surface area contributed by atoms with Gasteiger partial charge in [-0.05, 0) is 12.1 Å². The van der Waals surface area contributed by atoms with Crippen LogP contribution in [0.25, 0.3) is 0 Å². The standard InChI is InChI=1S/C12H11NO4S2/c1-17-12(14)11-10(13)9(7-18-11)19(15,16)8-5-3-2-4-6-8/h2-7H,13H2,1H3. The SMILES string of the molecule is COC(=O)c1scc(S(=O)(=O)c2ccccc2)c1N. The number of hydrogen-bond donors (Lipinski definition) is 1. The van der Waals surface area contributed by atoms with E-state index in [0.717, 1.165) is 11.3 Å². The molecule has 0 atom stereocenters. The Morgan fingerprint density at radius 3 is 2.47 bits per heavy atom. The first-order valence-corrected chi connectivity index (χ1v) is 7.60. The van der Waals surface area contributed by atoms with Crippen molar-refractivity contribution in [2.45, 2.75) is 9.79 Å². The lowest BCUT2D eigenvalue weighted by atomic mass is 10.4.